The maximum Gasteiger partial charge on any atom is 0.213 e. The van der Waals surface area contributed by atoms with E-state index in [-0.39, 0.29) is 11.8 Å². The van der Waals surface area contributed by atoms with E-state index in [2.05, 4.69) is 15.8 Å². The van der Waals surface area contributed by atoms with Crippen LogP contribution in [-0.2, 0) is 23.0 Å². The summed E-state index contributed by atoms with van der Waals surface area (Å²) in [7, 11) is -3.30. The van der Waals surface area contributed by atoms with Crippen LogP contribution < -0.4 is 4.72 Å². The molecule has 0 aliphatic heterocycles. The first-order valence-electron chi connectivity index (χ1n) is 7.17. The first-order chi connectivity index (χ1) is 10.1. The summed E-state index contributed by atoms with van der Waals surface area (Å²) in [6, 6.07) is 7.99. The van der Waals surface area contributed by atoms with Gasteiger partial charge in [0.1, 0.15) is 0 Å². The number of nitrogens with zero attached hydrogens (tertiary/aromatic N) is 2. The number of benzene rings is 1. The van der Waals surface area contributed by atoms with E-state index in [1.54, 1.807) is 23.3 Å². The molecule has 2 aromatic rings. The summed E-state index contributed by atoms with van der Waals surface area (Å²) >= 11 is 0. The van der Waals surface area contributed by atoms with Crippen molar-refractivity contribution in [3.8, 4) is 0 Å². The SMILES string of the molecule is O=S(=O)(CCn1ccnc1)NC1CCCc2ccccc21. The normalized spacial score (nSPS) is 18.4. The van der Waals surface area contributed by atoms with E-state index in [1.165, 1.54) is 5.56 Å². The maximum absolute atomic E-state index is 12.3. The molecule has 0 saturated heterocycles. The molecule has 1 aromatic carbocycles. The highest BCUT2D eigenvalue weighted by Crippen LogP contribution is 2.29. The van der Waals surface area contributed by atoms with Crippen LogP contribution in [0.1, 0.15) is 30.0 Å². The average molecular weight is 305 g/mol. The van der Waals surface area contributed by atoms with Crippen LogP contribution in [0.5, 0.6) is 0 Å². The molecule has 1 atom stereocenters. The Morgan fingerprint density at radius 1 is 1.33 bits per heavy atom. The number of nitrogens with one attached hydrogen (secondary N) is 1. The van der Waals surface area contributed by atoms with Crippen LogP contribution in [0.4, 0.5) is 0 Å². The number of fused-ring (bicyclic) bond motifs is 1. The van der Waals surface area contributed by atoms with Gasteiger partial charge in [0.15, 0.2) is 0 Å². The molecule has 21 heavy (non-hydrogen) atoms. The number of aryl methyl sites for hydroxylation is 2. The quantitative estimate of drug-likeness (QED) is 0.917. The summed E-state index contributed by atoms with van der Waals surface area (Å²) in [6.45, 7) is 0.420. The number of aromatic nitrogens is 2. The fourth-order valence-corrected chi connectivity index (χ4v) is 4.04. The lowest BCUT2D eigenvalue weighted by atomic mass is 9.88. The molecule has 5 nitrogen and oxygen atoms in total. The van der Waals surface area contributed by atoms with E-state index in [1.807, 2.05) is 18.2 Å². The maximum atomic E-state index is 12.3. The van der Waals surface area contributed by atoms with Gasteiger partial charge in [0, 0.05) is 25.0 Å². The Kier molecular flexibility index (Phi) is 4.07. The van der Waals surface area contributed by atoms with E-state index in [0.29, 0.717) is 6.54 Å². The fourth-order valence-electron chi connectivity index (χ4n) is 2.80. The highest BCUT2D eigenvalue weighted by Gasteiger charge is 2.24. The number of imidazole rings is 1. The highest BCUT2D eigenvalue weighted by molar-refractivity contribution is 7.89. The second-order valence-corrected chi connectivity index (χ2v) is 7.25. The molecule has 1 unspecified atom stereocenters. The summed E-state index contributed by atoms with van der Waals surface area (Å²) in [5, 5.41) is 0. The van der Waals surface area contributed by atoms with E-state index in [9.17, 15) is 8.42 Å². The van der Waals surface area contributed by atoms with Gasteiger partial charge in [-0.25, -0.2) is 18.1 Å². The van der Waals surface area contributed by atoms with Crippen molar-refractivity contribution < 1.29 is 8.42 Å². The van der Waals surface area contributed by atoms with Gasteiger partial charge in [-0.15, -0.1) is 0 Å². The molecule has 1 aliphatic rings. The predicted octanol–water partition coefficient (Wildman–Crippen LogP) is 1.88. The summed E-state index contributed by atoms with van der Waals surface area (Å²) in [4.78, 5) is 3.92. The Balaban J connectivity index is 1.68. The van der Waals surface area contributed by atoms with E-state index >= 15 is 0 Å². The van der Waals surface area contributed by atoms with Gasteiger partial charge in [0.05, 0.1) is 12.1 Å². The number of sulfonamides is 1. The minimum absolute atomic E-state index is 0.0715. The Hall–Kier alpha value is -1.66. The molecule has 0 saturated carbocycles. The molecule has 1 aliphatic carbocycles. The second-order valence-electron chi connectivity index (χ2n) is 5.38. The summed E-state index contributed by atoms with van der Waals surface area (Å²) in [5.74, 6) is 0.0715. The van der Waals surface area contributed by atoms with Crippen molar-refractivity contribution in [1.82, 2.24) is 14.3 Å². The largest absolute Gasteiger partial charge is 0.336 e. The molecule has 112 valence electrons. The lowest BCUT2D eigenvalue weighted by Gasteiger charge is -2.26. The van der Waals surface area contributed by atoms with Crippen molar-refractivity contribution in [1.29, 1.82) is 0 Å². The Labute approximate surface area is 125 Å². The summed E-state index contributed by atoms with van der Waals surface area (Å²) in [6.07, 6.45) is 7.96. The molecule has 1 aromatic heterocycles. The van der Waals surface area contributed by atoms with E-state index in [0.717, 1.165) is 24.8 Å². The van der Waals surface area contributed by atoms with Crippen LogP contribution in [0.2, 0.25) is 0 Å². The van der Waals surface area contributed by atoms with Crippen molar-refractivity contribution in [2.24, 2.45) is 0 Å². The minimum Gasteiger partial charge on any atom is -0.336 e. The van der Waals surface area contributed by atoms with Gasteiger partial charge < -0.3 is 4.57 Å². The molecule has 3 rings (SSSR count). The molecular weight excluding hydrogens is 286 g/mol. The van der Waals surface area contributed by atoms with Gasteiger partial charge in [-0.05, 0) is 30.4 Å². The fraction of sp³-hybridized carbons (Fsp3) is 0.400. The molecule has 0 amide bonds. The third-order valence-corrected chi connectivity index (χ3v) is 5.23. The lowest BCUT2D eigenvalue weighted by molar-refractivity contribution is 0.505. The van der Waals surface area contributed by atoms with Gasteiger partial charge in [-0.3, -0.25) is 0 Å². The molecule has 0 spiro atoms. The van der Waals surface area contributed by atoms with Crippen molar-refractivity contribution in [2.45, 2.75) is 31.8 Å². The van der Waals surface area contributed by atoms with Crippen molar-refractivity contribution in [2.75, 3.05) is 5.75 Å². The average Bonchev–Trinajstić information content (AvgIpc) is 2.99. The predicted molar refractivity (Wildman–Crippen MR) is 81.3 cm³/mol. The lowest BCUT2D eigenvalue weighted by Crippen LogP contribution is -2.33. The van der Waals surface area contributed by atoms with Crippen LogP contribution in [-0.4, -0.2) is 23.7 Å². The zero-order valence-electron chi connectivity index (χ0n) is 11.8. The molecule has 0 bridgehead atoms. The molecule has 1 heterocycles. The summed E-state index contributed by atoms with van der Waals surface area (Å²) in [5.41, 5.74) is 2.38. The number of hydrogen-bond donors (Lipinski definition) is 1. The third-order valence-electron chi connectivity index (χ3n) is 3.87. The van der Waals surface area contributed by atoms with Gasteiger partial charge in [-0.2, -0.15) is 0 Å². The third kappa shape index (κ3) is 3.51. The van der Waals surface area contributed by atoms with Crippen LogP contribution in [0.25, 0.3) is 0 Å². The molecule has 0 fully saturated rings. The first kappa shape index (κ1) is 14.3. The van der Waals surface area contributed by atoms with Crippen molar-refractivity contribution in [3.63, 3.8) is 0 Å². The van der Waals surface area contributed by atoms with Crippen molar-refractivity contribution >= 4 is 10.0 Å². The highest BCUT2D eigenvalue weighted by atomic mass is 32.2. The molecular formula is C15H19N3O2S. The Bertz CT molecular complexity index is 695. The van der Waals surface area contributed by atoms with Gasteiger partial charge >= 0.3 is 0 Å². The van der Waals surface area contributed by atoms with Crippen LogP contribution in [0, 0.1) is 0 Å². The molecule has 6 heteroatoms. The smallest absolute Gasteiger partial charge is 0.213 e. The summed E-state index contributed by atoms with van der Waals surface area (Å²) < 4.78 is 29.1. The zero-order valence-corrected chi connectivity index (χ0v) is 12.6. The number of hydrogen-bond acceptors (Lipinski definition) is 3. The van der Waals surface area contributed by atoms with Gasteiger partial charge in [-0.1, -0.05) is 24.3 Å². The van der Waals surface area contributed by atoms with Crippen LogP contribution in [0.3, 0.4) is 0 Å². The van der Waals surface area contributed by atoms with Crippen molar-refractivity contribution in [3.05, 3.63) is 54.1 Å². The standard InChI is InChI=1S/C15H19N3O2S/c19-21(20,11-10-18-9-8-16-12-18)17-15-7-3-5-13-4-1-2-6-14(13)15/h1-2,4,6,8-9,12,15,17H,3,5,7,10-11H2. The first-order valence-corrected chi connectivity index (χ1v) is 8.83. The zero-order chi connectivity index (χ0) is 14.7. The topological polar surface area (TPSA) is 64.0 Å². The van der Waals surface area contributed by atoms with E-state index < -0.39 is 10.0 Å². The minimum atomic E-state index is -3.30. The molecule has 0 radical (unpaired) electrons. The second kappa shape index (κ2) is 5.99. The number of rotatable bonds is 5. The van der Waals surface area contributed by atoms with Crippen LogP contribution >= 0.6 is 0 Å². The monoisotopic (exact) mass is 305 g/mol. The van der Waals surface area contributed by atoms with Crippen LogP contribution in [0.15, 0.2) is 43.0 Å². The Morgan fingerprint density at radius 2 is 2.19 bits per heavy atom. The van der Waals surface area contributed by atoms with Gasteiger partial charge in [0.25, 0.3) is 0 Å². The van der Waals surface area contributed by atoms with E-state index in [4.69, 9.17) is 0 Å². The molecule has 1 N–H and O–H groups in total. The van der Waals surface area contributed by atoms with Gasteiger partial charge in [0.2, 0.25) is 10.0 Å². The Morgan fingerprint density at radius 3 is 3.00 bits per heavy atom.